The molecule has 0 amide bonds. The van der Waals surface area contributed by atoms with Crippen LogP contribution in [-0.4, -0.2) is 56.3 Å². The summed E-state index contributed by atoms with van der Waals surface area (Å²) in [5.74, 6) is 1.81. The smallest absolute Gasteiger partial charge is 0.137 e. The monoisotopic (exact) mass is 236 g/mol. The Morgan fingerprint density at radius 2 is 2.06 bits per heavy atom. The van der Waals surface area contributed by atoms with E-state index in [9.17, 15) is 0 Å². The van der Waals surface area contributed by atoms with Crippen LogP contribution in [0, 0.1) is 0 Å². The zero-order valence-electron chi connectivity index (χ0n) is 10.3. The second-order valence-corrected chi connectivity index (χ2v) is 4.28. The van der Waals surface area contributed by atoms with Crippen molar-refractivity contribution in [3.8, 4) is 5.75 Å². The van der Waals surface area contributed by atoms with Gasteiger partial charge in [-0.15, -0.1) is 0 Å². The maximum Gasteiger partial charge on any atom is 0.137 e. The number of rotatable bonds is 4. The van der Waals surface area contributed by atoms with Gasteiger partial charge in [-0.25, -0.2) is 4.98 Å². The van der Waals surface area contributed by atoms with E-state index in [2.05, 4.69) is 21.8 Å². The molecule has 1 aliphatic rings. The molecule has 0 spiro atoms. The van der Waals surface area contributed by atoms with Crippen LogP contribution in [0.25, 0.3) is 0 Å². The third-order valence-electron chi connectivity index (χ3n) is 2.93. The first-order valence-electron chi connectivity index (χ1n) is 6.02. The summed E-state index contributed by atoms with van der Waals surface area (Å²) in [6, 6.07) is 3.97. The molecule has 5 heteroatoms. The van der Waals surface area contributed by atoms with Gasteiger partial charge in [-0.3, -0.25) is 0 Å². The average Bonchev–Trinajstić information content (AvgIpc) is 2.38. The summed E-state index contributed by atoms with van der Waals surface area (Å²) in [6.45, 7) is 5.31. The summed E-state index contributed by atoms with van der Waals surface area (Å²) >= 11 is 0. The molecule has 1 aliphatic heterocycles. The summed E-state index contributed by atoms with van der Waals surface area (Å²) in [6.07, 6.45) is 1.77. The largest absolute Gasteiger partial charge is 0.491 e. The molecule has 1 aromatic rings. The van der Waals surface area contributed by atoms with Gasteiger partial charge in [0.1, 0.15) is 18.2 Å². The Kier molecular flexibility index (Phi) is 4.17. The highest BCUT2D eigenvalue weighted by Crippen LogP contribution is 2.16. The first kappa shape index (κ1) is 12.1. The van der Waals surface area contributed by atoms with Gasteiger partial charge in [0.2, 0.25) is 0 Å². The molecule has 17 heavy (non-hydrogen) atoms. The standard InChI is InChI=1S/C12H20N4O/c1-15-5-7-16(8-6-15)12-3-2-11(10-14-12)17-9-4-13/h2-3,10H,4-9,13H2,1H3. The van der Waals surface area contributed by atoms with Gasteiger partial charge in [0.05, 0.1) is 6.20 Å². The summed E-state index contributed by atoms with van der Waals surface area (Å²) in [5, 5.41) is 0. The van der Waals surface area contributed by atoms with Gasteiger partial charge < -0.3 is 20.3 Å². The molecule has 0 bridgehead atoms. The number of hydrogen-bond acceptors (Lipinski definition) is 5. The van der Waals surface area contributed by atoms with Crippen molar-refractivity contribution < 1.29 is 4.74 Å². The van der Waals surface area contributed by atoms with E-state index in [0.29, 0.717) is 13.2 Å². The van der Waals surface area contributed by atoms with Gasteiger partial charge in [0, 0.05) is 32.7 Å². The van der Waals surface area contributed by atoms with E-state index in [1.165, 1.54) is 0 Å². The van der Waals surface area contributed by atoms with Crippen LogP contribution in [0.15, 0.2) is 18.3 Å². The molecule has 0 atom stereocenters. The zero-order valence-corrected chi connectivity index (χ0v) is 10.3. The molecule has 0 saturated carbocycles. The van der Waals surface area contributed by atoms with Crippen molar-refractivity contribution in [2.24, 2.45) is 5.73 Å². The minimum Gasteiger partial charge on any atom is -0.491 e. The number of hydrogen-bond donors (Lipinski definition) is 1. The molecule has 2 rings (SSSR count). The molecule has 1 fully saturated rings. The van der Waals surface area contributed by atoms with Crippen LogP contribution in [0.3, 0.4) is 0 Å². The Labute approximate surface area is 102 Å². The van der Waals surface area contributed by atoms with Crippen molar-refractivity contribution in [3.63, 3.8) is 0 Å². The van der Waals surface area contributed by atoms with Crippen LogP contribution < -0.4 is 15.4 Å². The van der Waals surface area contributed by atoms with E-state index in [1.807, 2.05) is 12.1 Å². The van der Waals surface area contributed by atoms with Crippen LogP contribution >= 0.6 is 0 Å². The number of nitrogens with two attached hydrogens (primary N) is 1. The fraction of sp³-hybridized carbons (Fsp3) is 0.583. The number of piperazine rings is 1. The number of nitrogens with zero attached hydrogens (tertiary/aromatic N) is 3. The first-order valence-corrected chi connectivity index (χ1v) is 6.02. The lowest BCUT2D eigenvalue weighted by Crippen LogP contribution is -2.44. The third-order valence-corrected chi connectivity index (χ3v) is 2.93. The molecule has 2 N–H and O–H groups in total. The SMILES string of the molecule is CN1CCN(c2ccc(OCCN)cn2)CC1. The van der Waals surface area contributed by atoms with E-state index >= 15 is 0 Å². The maximum atomic E-state index is 5.40. The Hall–Kier alpha value is -1.33. The van der Waals surface area contributed by atoms with Crippen LogP contribution in [0.5, 0.6) is 5.75 Å². The number of pyridine rings is 1. The van der Waals surface area contributed by atoms with E-state index in [-0.39, 0.29) is 0 Å². The highest BCUT2D eigenvalue weighted by Gasteiger charge is 2.14. The molecule has 2 heterocycles. The van der Waals surface area contributed by atoms with Crippen LogP contribution in [0.4, 0.5) is 5.82 Å². The lowest BCUT2D eigenvalue weighted by atomic mass is 10.3. The number of ether oxygens (including phenoxy) is 1. The summed E-state index contributed by atoms with van der Waals surface area (Å²) in [5.41, 5.74) is 5.38. The minimum atomic E-state index is 0.528. The second-order valence-electron chi connectivity index (χ2n) is 4.28. The predicted octanol–water partition coefficient (Wildman–Crippen LogP) is 0.171. The molecule has 0 radical (unpaired) electrons. The lowest BCUT2D eigenvalue weighted by molar-refractivity contribution is 0.311. The predicted molar refractivity (Wildman–Crippen MR) is 68.5 cm³/mol. The van der Waals surface area contributed by atoms with Crippen molar-refractivity contribution in [3.05, 3.63) is 18.3 Å². The zero-order chi connectivity index (χ0) is 12.1. The quantitative estimate of drug-likeness (QED) is 0.807. The normalized spacial score (nSPS) is 17.2. The van der Waals surface area contributed by atoms with Crippen molar-refractivity contribution in [2.45, 2.75) is 0 Å². The van der Waals surface area contributed by atoms with Gasteiger partial charge in [-0.05, 0) is 19.2 Å². The minimum absolute atomic E-state index is 0.528. The second kappa shape index (κ2) is 5.84. The number of likely N-dealkylation sites (N-methyl/N-ethyl adjacent to an activating group) is 1. The Morgan fingerprint density at radius 1 is 1.29 bits per heavy atom. The van der Waals surface area contributed by atoms with Crippen molar-refractivity contribution in [1.82, 2.24) is 9.88 Å². The molecule has 0 aliphatic carbocycles. The first-order chi connectivity index (χ1) is 8.29. The molecule has 0 unspecified atom stereocenters. The van der Waals surface area contributed by atoms with Crippen LogP contribution in [0.1, 0.15) is 0 Å². The molecule has 0 aromatic carbocycles. The van der Waals surface area contributed by atoms with E-state index in [1.54, 1.807) is 6.20 Å². The Morgan fingerprint density at radius 3 is 2.65 bits per heavy atom. The Bertz CT molecular complexity index is 333. The van der Waals surface area contributed by atoms with Crippen molar-refractivity contribution in [1.29, 1.82) is 0 Å². The topological polar surface area (TPSA) is 54.6 Å². The Balaban J connectivity index is 1.93. The summed E-state index contributed by atoms with van der Waals surface area (Å²) < 4.78 is 5.40. The fourth-order valence-corrected chi connectivity index (χ4v) is 1.86. The summed E-state index contributed by atoms with van der Waals surface area (Å²) in [7, 11) is 2.15. The lowest BCUT2D eigenvalue weighted by Gasteiger charge is -2.33. The van der Waals surface area contributed by atoms with Gasteiger partial charge in [-0.1, -0.05) is 0 Å². The number of anilines is 1. The fourth-order valence-electron chi connectivity index (χ4n) is 1.86. The molecular weight excluding hydrogens is 216 g/mol. The van der Waals surface area contributed by atoms with Crippen molar-refractivity contribution >= 4 is 5.82 Å². The van der Waals surface area contributed by atoms with Crippen LogP contribution in [-0.2, 0) is 0 Å². The molecule has 5 nitrogen and oxygen atoms in total. The van der Waals surface area contributed by atoms with E-state index in [4.69, 9.17) is 10.5 Å². The maximum absolute atomic E-state index is 5.40. The van der Waals surface area contributed by atoms with Gasteiger partial charge >= 0.3 is 0 Å². The molecule has 1 saturated heterocycles. The van der Waals surface area contributed by atoms with Gasteiger partial charge in [0.25, 0.3) is 0 Å². The van der Waals surface area contributed by atoms with Crippen LogP contribution in [0.2, 0.25) is 0 Å². The van der Waals surface area contributed by atoms with Crippen molar-refractivity contribution in [2.75, 3.05) is 51.3 Å². The molecular formula is C12H20N4O. The van der Waals surface area contributed by atoms with Gasteiger partial charge in [-0.2, -0.15) is 0 Å². The average molecular weight is 236 g/mol. The highest BCUT2D eigenvalue weighted by molar-refractivity contribution is 5.41. The third kappa shape index (κ3) is 3.31. The molecule has 1 aromatic heterocycles. The van der Waals surface area contributed by atoms with Gasteiger partial charge in [0.15, 0.2) is 0 Å². The number of aromatic nitrogens is 1. The van der Waals surface area contributed by atoms with E-state index in [0.717, 1.165) is 37.7 Å². The highest BCUT2D eigenvalue weighted by atomic mass is 16.5. The van der Waals surface area contributed by atoms with E-state index < -0.39 is 0 Å². The summed E-state index contributed by atoms with van der Waals surface area (Å²) in [4.78, 5) is 9.05. The molecule has 94 valence electrons.